The Labute approximate surface area is 143 Å². The lowest BCUT2D eigenvalue weighted by Gasteiger charge is -2.28. The first-order valence-electron chi connectivity index (χ1n) is 9.46. The minimum atomic E-state index is -0.0223. The van der Waals surface area contributed by atoms with Crippen LogP contribution >= 0.6 is 0 Å². The quantitative estimate of drug-likeness (QED) is 0.672. The minimum Gasteiger partial charge on any atom is -0.507 e. The monoisotopic (exact) mass is 316 g/mol. The van der Waals surface area contributed by atoms with Crippen molar-refractivity contribution in [2.24, 2.45) is 5.92 Å². The first-order chi connectivity index (χ1) is 10.6. The molecule has 1 aromatic rings. The highest BCUT2D eigenvalue weighted by Gasteiger charge is 2.26. The van der Waals surface area contributed by atoms with Gasteiger partial charge in [0, 0.05) is 0 Å². The second-order valence-corrected chi connectivity index (χ2v) is 9.58. The van der Waals surface area contributed by atoms with Crippen molar-refractivity contribution >= 4 is 0 Å². The lowest BCUT2D eigenvalue weighted by Crippen LogP contribution is -2.18. The van der Waals surface area contributed by atoms with E-state index in [0.717, 1.165) is 23.5 Å². The van der Waals surface area contributed by atoms with Gasteiger partial charge in [0.25, 0.3) is 0 Å². The Balaban J connectivity index is 2.21. The van der Waals surface area contributed by atoms with Gasteiger partial charge < -0.3 is 5.11 Å². The van der Waals surface area contributed by atoms with E-state index in [-0.39, 0.29) is 10.8 Å². The van der Waals surface area contributed by atoms with Crippen LogP contribution in [-0.2, 0) is 17.3 Å². The smallest absolute Gasteiger partial charge is 0.123 e. The SMILES string of the molecule is CC(C)(C)c1cc(CCCC2CCCC2)cc(C(C)(C)C)c1O. The molecule has 1 saturated carbocycles. The van der Waals surface area contributed by atoms with Crippen LogP contribution in [0.2, 0.25) is 0 Å². The van der Waals surface area contributed by atoms with Crippen molar-refractivity contribution in [2.75, 3.05) is 0 Å². The Morgan fingerprint density at radius 3 is 1.83 bits per heavy atom. The summed E-state index contributed by atoms with van der Waals surface area (Å²) in [5.41, 5.74) is 3.55. The number of phenolic OH excluding ortho intramolecular Hbond substituents is 1. The highest BCUT2D eigenvalue weighted by atomic mass is 16.3. The third kappa shape index (κ3) is 4.75. The van der Waals surface area contributed by atoms with Crippen LogP contribution in [0.5, 0.6) is 5.75 Å². The van der Waals surface area contributed by atoms with Crippen molar-refractivity contribution in [1.82, 2.24) is 0 Å². The van der Waals surface area contributed by atoms with E-state index in [0.29, 0.717) is 5.75 Å². The number of rotatable bonds is 4. The Kier molecular flexibility index (Phi) is 5.48. The molecule has 0 saturated heterocycles. The van der Waals surface area contributed by atoms with Crippen molar-refractivity contribution < 1.29 is 5.11 Å². The molecule has 1 heteroatoms. The molecule has 1 N–H and O–H groups in total. The average molecular weight is 317 g/mol. The number of aromatic hydroxyl groups is 1. The van der Waals surface area contributed by atoms with E-state index in [1.807, 2.05) is 0 Å². The van der Waals surface area contributed by atoms with E-state index in [1.54, 1.807) is 0 Å². The van der Waals surface area contributed by atoms with Crippen LogP contribution in [0.3, 0.4) is 0 Å². The molecule has 0 spiro atoms. The highest BCUT2D eigenvalue weighted by molar-refractivity contribution is 5.49. The standard InChI is InChI=1S/C22H36O/c1-21(2,3)18-14-17(13-9-12-16-10-7-8-11-16)15-19(20(18)23)22(4,5)6/h14-16,23H,7-13H2,1-6H3. The zero-order valence-corrected chi connectivity index (χ0v) is 16.1. The van der Waals surface area contributed by atoms with Gasteiger partial charge in [-0.25, -0.2) is 0 Å². The van der Waals surface area contributed by atoms with Crippen molar-refractivity contribution in [1.29, 1.82) is 0 Å². The molecule has 0 radical (unpaired) electrons. The molecule has 0 amide bonds. The predicted molar refractivity (Wildman–Crippen MR) is 100 cm³/mol. The van der Waals surface area contributed by atoms with Gasteiger partial charge >= 0.3 is 0 Å². The van der Waals surface area contributed by atoms with Gasteiger partial charge in [0.2, 0.25) is 0 Å². The summed E-state index contributed by atoms with van der Waals surface area (Å²) < 4.78 is 0. The normalized spacial score (nSPS) is 17.0. The molecule has 1 aliphatic rings. The molecule has 1 nitrogen and oxygen atoms in total. The van der Waals surface area contributed by atoms with Gasteiger partial charge in [0.05, 0.1) is 0 Å². The molecule has 23 heavy (non-hydrogen) atoms. The van der Waals surface area contributed by atoms with E-state index in [1.165, 1.54) is 44.1 Å². The van der Waals surface area contributed by atoms with Gasteiger partial charge in [-0.3, -0.25) is 0 Å². The molecular weight excluding hydrogens is 280 g/mol. The average Bonchev–Trinajstić information content (AvgIpc) is 2.91. The molecule has 0 atom stereocenters. The van der Waals surface area contributed by atoms with Crippen LogP contribution in [0.4, 0.5) is 0 Å². The summed E-state index contributed by atoms with van der Waals surface area (Å²) in [5.74, 6) is 1.47. The van der Waals surface area contributed by atoms with Gasteiger partial charge in [-0.2, -0.15) is 0 Å². The van der Waals surface area contributed by atoms with Crippen molar-refractivity contribution in [2.45, 2.75) is 97.3 Å². The summed E-state index contributed by atoms with van der Waals surface area (Å²) in [5, 5.41) is 10.8. The Hall–Kier alpha value is -0.980. The molecule has 0 unspecified atom stereocenters. The van der Waals surface area contributed by atoms with Gasteiger partial charge in [-0.05, 0) is 46.3 Å². The van der Waals surface area contributed by atoms with Gasteiger partial charge in [-0.15, -0.1) is 0 Å². The molecule has 0 aromatic heterocycles. The summed E-state index contributed by atoms with van der Waals surface area (Å²) in [6, 6.07) is 4.50. The summed E-state index contributed by atoms with van der Waals surface area (Å²) in [4.78, 5) is 0. The lowest BCUT2D eigenvalue weighted by atomic mass is 9.78. The molecule has 130 valence electrons. The van der Waals surface area contributed by atoms with E-state index < -0.39 is 0 Å². The van der Waals surface area contributed by atoms with E-state index >= 15 is 0 Å². The molecule has 1 aromatic carbocycles. The Bertz CT molecular complexity index is 487. The van der Waals surface area contributed by atoms with Crippen LogP contribution in [0, 0.1) is 5.92 Å². The fourth-order valence-corrected chi connectivity index (χ4v) is 3.88. The van der Waals surface area contributed by atoms with E-state index in [9.17, 15) is 5.11 Å². The maximum Gasteiger partial charge on any atom is 0.123 e. The molecular formula is C22H36O. The van der Waals surface area contributed by atoms with E-state index in [2.05, 4.69) is 53.7 Å². The first kappa shape index (κ1) is 18.4. The van der Waals surface area contributed by atoms with Crippen molar-refractivity contribution in [3.63, 3.8) is 0 Å². The molecule has 2 rings (SSSR count). The number of aryl methyl sites for hydroxylation is 1. The summed E-state index contributed by atoms with van der Waals surface area (Å²) in [7, 11) is 0. The van der Waals surface area contributed by atoms with E-state index in [4.69, 9.17) is 0 Å². The molecule has 0 heterocycles. The van der Waals surface area contributed by atoms with Gasteiger partial charge in [0.1, 0.15) is 5.75 Å². The maximum atomic E-state index is 10.8. The summed E-state index contributed by atoms with van der Waals surface area (Å²) >= 11 is 0. The minimum absolute atomic E-state index is 0.0223. The molecule has 0 aliphatic heterocycles. The fourth-order valence-electron chi connectivity index (χ4n) is 3.88. The molecule has 1 fully saturated rings. The van der Waals surface area contributed by atoms with Crippen LogP contribution in [0.1, 0.15) is 96.8 Å². The number of hydrogen-bond donors (Lipinski definition) is 1. The zero-order chi connectivity index (χ0) is 17.3. The fraction of sp³-hybridized carbons (Fsp3) is 0.727. The van der Waals surface area contributed by atoms with Gasteiger partial charge in [0.15, 0.2) is 0 Å². The third-order valence-corrected chi connectivity index (χ3v) is 5.34. The Morgan fingerprint density at radius 1 is 0.913 bits per heavy atom. The predicted octanol–water partition coefficient (Wildman–Crippen LogP) is 6.50. The zero-order valence-electron chi connectivity index (χ0n) is 16.1. The highest BCUT2D eigenvalue weighted by Crippen LogP contribution is 2.40. The maximum absolute atomic E-state index is 10.8. The third-order valence-electron chi connectivity index (χ3n) is 5.34. The second kappa shape index (κ2) is 6.87. The van der Waals surface area contributed by atoms with Crippen LogP contribution in [0.15, 0.2) is 12.1 Å². The largest absolute Gasteiger partial charge is 0.507 e. The first-order valence-corrected chi connectivity index (χ1v) is 9.46. The lowest BCUT2D eigenvalue weighted by molar-refractivity contribution is 0.422. The van der Waals surface area contributed by atoms with Crippen molar-refractivity contribution in [3.8, 4) is 5.75 Å². The second-order valence-electron chi connectivity index (χ2n) is 9.58. The summed E-state index contributed by atoms with van der Waals surface area (Å²) in [6.07, 6.45) is 9.55. The summed E-state index contributed by atoms with van der Waals surface area (Å²) in [6.45, 7) is 13.1. The van der Waals surface area contributed by atoms with Crippen LogP contribution in [0.25, 0.3) is 0 Å². The molecule has 1 aliphatic carbocycles. The number of benzene rings is 1. The number of hydrogen-bond acceptors (Lipinski definition) is 1. The molecule has 0 bridgehead atoms. The Morgan fingerprint density at radius 2 is 1.39 bits per heavy atom. The van der Waals surface area contributed by atoms with Crippen molar-refractivity contribution in [3.05, 3.63) is 28.8 Å². The van der Waals surface area contributed by atoms with Crippen LogP contribution < -0.4 is 0 Å². The topological polar surface area (TPSA) is 20.2 Å². The number of phenols is 1. The van der Waals surface area contributed by atoms with Crippen LogP contribution in [-0.4, -0.2) is 5.11 Å². The van der Waals surface area contributed by atoms with Gasteiger partial charge in [-0.1, -0.05) is 85.8 Å².